The number of hydrogen-bond acceptors (Lipinski definition) is 5. The van der Waals surface area contributed by atoms with E-state index >= 15 is 0 Å². The van der Waals surface area contributed by atoms with Crippen LogP contribution in [0.15, 0.2) is 45.3 Å². The molecule has 0 aliphatic rings. The van der Waals surface area contributed by atoms with Gasteiger partial charge in [-0.1, -0.05) is 6.07 Å². The second kappa shape index (κ2) is 11.1. The average Bonchev–Trinajstić information content (AvgIpc) is 3.41. The molecule has 3 aromatic rings. The third-order valence-corrected chi connectivity index (χ3v) is 4.79. The molecule has 0 saturated heterocycles. The van der Waals surface area contributed by atoms with E-state index in [2.05, 4.69) is 56.9 Å². The molecule has 3 heterocycles. The van der Waals surface area contributed by atoms with Crippen molar-refractivity contribution in [3.05, 3.63) is 46.6 Å². The van der Waals surface area contributed by atoms with Crippen LogP contribution in [0, 0.1) is 0 Å². The maximum Gasteiger partial charge on any atom is 0.216 e. The zero-order valence-electron chi connectivity index (χ0n) is 15.5. The lowest BCUT2D eigenvalue weighted by Gasteiger charge is -2.21. The normalized spacial score (nSPS) is 11.3. The van der Waals surface area contributed by atoms with Crippen molar-refractivity contribution in [1.82, 2.24) is 25.4 Å². The molecule has 0 spiro atoms. The molecular weight excluding hydrogens is 475 g/mol. The second-order valence-electron chi connectivity index (χ2n) is 5.82. The highest BCUT2D eigenvalue weighted by Gasteiger charge is 2.09. The third kappa shape index (κ3) is 6.35. The van der Waals surface area contributed by atoms with Gasteiger partial charge >= 0.3 is 0 Å². The Labute approximate surface area is 180 Å². The summed E-state index contributed by atoms with van der Waals surface area (Å²) in [5.41, 5.74) is 0. The second-order valence-corrected chi connectivity index (χ2v) is 6.85. The van der Waals surface area contributed by atoms with Crippen LogP contribution in [0.1, 0.15) is 17.6 Å². The number of likely N-dealkylation sites (N-methyl/N-ethyl adjacent to an activating group) is 1. The molecule has 0 bridgehead atoms. The molecule has 0 aliphatic carbocycles. The Hall–Kier alpha value is -1.88. The molecular formula is C18H25IN6OS. The van der Waals surface area contributed by atoms with Gasteiger partial charge in [0.25, 0.3) is 0 Å². The number of aromatic amines is 1. The van der Waals surface area contributed by atoms with Crippen LogP contribution in [0.3, 0.4) is 0 Å². The molecule has 0 saturated carbocycles. The highest BCUT2D eigenvalue weighted by Crippen LogP contribution is 2.14. The van der Waals surface area contributed by atoms with Gasteiger partial charge in [0.05, 0.1) is 6.26 Å². The van der Waals surface area contributed by atoms with E-state index in [1.165, 1.54) is 4.88 Å². The minimum Gasteiger partial charge on any atom is -0.461 e. The first-order chi connectivity index (χ1) is 12.8. The molecule has 3 aromatic heterocycles. The molecule has 0 aromatic carbocycles. The van der Waals surface area contributed by atoms with Crippen molar-refractivity contribution >= 4 is 41.3 Å². The van der Waals surface area contributed by atoms with Crippen LogP contribution in [0.5, 0.6) is 0 Å². The number of nitrogens with zero attached hydrogens (tertiary/aromatic N) is 4. The lowest BCUT2D eigenvalue weighted by molar-refractivity contribution is 0.486. The molecule has 0 radical (unpaired) electrons. The predicted octanol–water partition coefficient (Wildman–Crippen LogP) is 3.43. The van der Waals surface area contributed by atoms with Crippen molar-refractivity contribution in [1.29, 1.82) is 0 Å². The summed E-state index contributed by atoms with van der Waals surface area (Å²) in [5, 5.41) is 12.6. The summed E-state index contributed by atoms with van der Waals surface area (Å²) in [5.74, 6) is 2.96. The first-order valence-corrected chi connectivity index (χ1v) is 9.61. The van der Waals surface area contributed by atoms with E-state index in [0.29, 0.717) is 24.6 Å². The van der Waals surface area contributed by atoms with E-state index in [-0.39, 0.29) is 24.0 Å². The highest BCUT2D eigenvalue weighted by molar-refractivity contribution is 14.0. The van der Waals surface area contributed by atoms with Gasteiger partial charge in [0, 0.05) is 38.0 Å². The molecule has 27 heavy (non-hydrogen) atoms. The quantitative estimate of drug-likeness (QED) is 0.282. The number of rotatable bonds is 8. The van der Waals surface area contributed by atoms with Gasteiger partial charge in [0.15, 0.2) is 11.7 Å². The maximum atomic E-state index is 5.31. The van der Waals surface area contributed by atoms with Gasteiger partial charge in [-0.05, 0) is 36.9 Å². The standard InChI is InChI=1S/C18H24N6OS.HI/c1-3-19-18(24(2)11-9-14-6-5-13-26-14)20-10-8-16-21-17(23-22-16)15-7-4-12-25-15;/h4-7,12-13H,3,8-11H2,1-2H3,(H,19,20)(H,21,22,23);1H. The van der Waals surface area contributed by atoms with E-state index in [9.17, 15) is 0 Å². The summed E-state index contributed by atoms with van der Waals surface area (Å²) >= 11 is 1.79. The number of guanidine groups is 1. The van der Waals surface area contributed by atoms with Gasteiger partial charge in [-0.25, -0.2) is 4.98 Å². The van der Waals surface area contributed by atoms with Gasteiger partial charge in [-0.2, -0.15) is 5.10 Å². The van der Waals surface area contributed by atoms with Crippen LogP contribution in [0.2, 0.25) is 0 Å². The smallest absolute Gasteiger partial charge is 0.216 e. The number of H-pyrrole nitrogens is 1. The number of aliphatic imine (C=N–C) groups is 1. The van der Waals surface area contributed by atoms with Gasteiger partial charge < -0.3 is 14.6 Å². The van der Waals surface area contributed by atoms with E-state index in [0.717, 1.165) is 31.3 Å². The van der Waals surface area contributed by atoms with Crippen molar-refractivity contribution < 1.29 is 4.42 Å². The summed E-state index contributed by atoms with van der Waals surface area (Å²) in [6.07, 6.45) is 3.33. The van der Waals surface area contributed by atoms with Crippen LogP contribution in [0.25, 0.3) is 11.6 Å². The Kier molecular flexibility index (Phi) is 8.79. The predicted molar refractivity (Wildman–Crippen MR) is 120 cm³/mol. The van der Waals surface area contributed by atoms with Crippen LogP contribution in [0.4, 0.5) is 0 Å². The molecule has 0 amide bonds. The van der Waals surface area contributed by atoms with Crippen LogP contribution in [-0.2, 0) is 12.8 Å². The first kappa shape index (κ1) is 21.4. The third-order valence-electron chi connectivity index (χ3n) is 3.85. The lowest BCUT2D eigenvalue weighted by atomic mass is 10.3. The Morgan fingerprint density at radius 2 is 2.22 bits per heavy atom. The monoisotopic (exact) mass is 500 g/mol. The largest absolute Gasteiger partial charge is 0.461 e. The molecule has 7 nitrogen and oxygen atoms in total. The number of nitrogens with one attached hydrogen (secondary N) is 2. The number of hydrogen-bond donors (Lipinski definition) is 2. The highest BCUT2D eigenvalue weighted by atomic mass is 127. The summed E-state index contributed by atoms with van der Waals surface area (Å²) in [4.78, 5) is 12.7. The van der Waals surface area contributed by atoms with Crippen LogP contribution in [-0.4, -0.2) is 52.7 Å². The van der Waals surface area contributed by atoms with Crippen molar-refractivity contribution in [2.24, 2.45) is 4.99 Å². The van der Waals surface area contributed by atoms with Crippen molar-refractivity contribution in [3.8, 4) is 11.6 Å². The van der Waals surface area contributed by atoms with Crippen LogP contribution < -0.4 is 5.32 Å². The summed E-state index contributed by atoms with van der Waals surface area (Å²) in [6, 6.07) is 7.93. The maximum absolute atomic E-state index is 5.31. The molecule has 2 N–H and O–H groups in total. The van der Waals surface area contributed by atoms with E-state index in [1.54, 1.807) is 17.6 Å². The number of halogens is 1. The summed E-state index contributed by atoms with van der Waals surface area (Å²) in [6.45, 7) is 4.48. The summed E-state index contributed by atoms with van der Waals surface area (Å²) in [7, 11) is 2.07. The topological polar surface area (TPSA) is 82.3 Å². The minimum atomic E-state index is 0. The van der Waals surface area contributed by atoms with Crippen molar-refractivity contribution in [3.63, 3.8) is 0 Å². The van der Waals surface area contributed by atoms with E-state index in [1.807, 2.05) is 12.1 Å². The zero-order valence-corrected chi connectivity index (χ0v) is 18.7. The number of aromatic nitrogens is 3. The SMILES string of the molecule is CCNC(=NCCc1nc(-c2ccco2)n[nH]1)N(C)CCc1cccs1.I. The molecule has 0 fully saturated rings. The molecule has 0 atom stereocenters. The van der Waals surface area contributed by atoms with Crippen molar-refractivity contribution in [2.75, 3.05) is 26.7 Å². The molecule has 3 rings (SSSR count). The Morgan fingerprint density at radius 1 is 1.33 bits per heavy atom. The van der Waals surface area contributed by atoms with Crippen molar-refractivity contribution in [2.45, 2.75) is 19.8 Å². The fourth-order valence-electron chi connectivity index (χ4n) is 2.50. The fraction of sp³-hybridized carbons (Fsp3) is 0.389. The van der Waals surface area contributed by atoms with Crippen LogP contribution >= 0.6 is 35.3 Å². The average molecular weight is 500 g/mol. The van der Waals surface area contributed by atoms with E-state index in [4.69, 9.17) is 9.41 Å². The zero-order chi connectivity index (χ0) is 18.2. The lowest BCUT2D eigenvalue weighted by Crippen LogP contribution is -2.40. The fourth-order valence-corrected chi connectivity index (χ4v) is 3.20. The molecule has 0 aliphatic heterocycles. The minimum absolute atomic E-state index is 0. The van der Waals surface area contributed by atoms with Gasteiger partial charge in [-0.3, -0.25) is 10.1 Å². The molecule has 9 heteroatoms. The first-order valence-electron chi connectivity index (χ1n) is 8.73. The number of thiophene rings is 1. The van der Waals surface area contributed by atoms with Gasteiger partial charge in [-0.15, -0.1) is 35.3 Å². The number of furan rings is 1. The summed E-state index contributed by atoms with van der Waals surface area (Å²) < 4.78 is 5.31. The molecule has 146 valence electrons. The molecule has 0 unspecified atom stereocenters. The van der Waals surface area contributed by atoms with E-state index < -0.39 is 0 Å². The Balaban J connectivity index is 0.00000261. The van der Waals surface area contributed by atoms with Gasteiger partial charge in [0.1, 0.15) is 5.82 Å². The van der Waals surface area contributed by atoms with Gasteiger partial charge in [0.2, 0.25) is 5.82 Å². The Morgan fingerprint density at radius 3 is 2.93 bits per heavy atom. The Bertz CT molecular complexity index is 800.